The number of rotatable bonds is 4. The van der Waals surface area contributed by atoms with Gasteiger partial charge in [0.2, 0.25) is 0 Å². The van der Waals surface area contributed by atoms with E-state index in [1.807, 2.05) is 0 Å². The van der Waals surface area contributed by atoms with Gasteiger partial charge in [0.25, 0.3) is 0 Å². The van der Waals surface area contributed by atoms with E-state index < -0.39 is 0 Å². The molecule has 2 nitrogen and oxygen atoms in total. The lowest BCUT2D eigenvalue weighted by atomic mass is 9.97. The Labute approximate surface area is 128 Å². The molecule has 2 rings (SSSR count). The number of aryl methyl sites for hydroxylation is 4. The predicted molar refractivity (Wildman–Crippen MR) is 87.5 cm³/mol. The van der Waals surface area contributed by atoms with E-state index >= 15 is 0 Å². The maximum absolute atomic E-state index is 5.53. The van der Waals surface area contributed by atoms with Crippen LogP contribution < -0.4 is 0 Å². The maximum atomic E-state index is 5.53. The van der Waals surface area contributed by atoms with Crippen molar-refractivity contribution in [1.29, 1.82) is 0 Å². The molecule has 0 aliphatic rings. The standard InChI is InChI=1S/C16H20INO/c1-5-6-7-13-15(17)16(18-19-13)14-11(3)8-10(2)9-12(14)4/h8-9H,5-7H2,1-4H3. The van der Waals surface area contributed by atoms with E-state index in [-0.39, 0.29) is 0 Å². The van der Waals surface area contributed by atoms with Crippen molar-refractivity contribution in [2.75, 3.05) is 0 Å². The van der Waals surface area contributed by atoms with Crippen molar-refractivity contribution in [3.8, 4) is 11.3 Å². The molecule has 1 aromatic heterocycles. The molecule has 0 fully saturated rings. The first-order valence-corrected chi connectivity index (χ1v) is 7.84. The Morgan fingerprint density at radius 3 is 2.37 bits per heavy atom. The second-order valence-electron chi connectivity index (χ2n) is 5.15. The highest BCUT2D eigenvalue weighted by Crippen LogP contribution is 2.33. The minimum atomic E-state index is 0.978. The molecular weight excluding hydrogens is 349 g/mol. The third kappa shape index (κ3) is 3.02. The van der Waals surface area contributed by atoms with Crippen LogP contribution in [0.1, 0.15) is 42.2 Å². The van der Waals surface area contributed by atoms with Crippen LogP contribution in [0.2, 0.25) is 0 Å². The first-order chi connectivity index (χ1) is 9.04. The smallest absolute Gasteiger partial charge is 0.150 e. The third-order valence-electron chi connectivity index (χ3n) is 3.37. The zero-order valence-corrected chi connectivity index (χ0v) is 14.2. The van der Waals surface area contributed by atoms with Gasteiger partial charge in [-0.2, -0.15) is 0 Å². The van der Waals surface area contributed by atoms with Crippen LogP contribution in [0.25, 0.3) is 11.3 Å². The average molecular weight is 369 g/mol. The Balaban J connectivity index is 2.45. The summed E-state index contributed by atoms with van der Waals surface area (Å²) in [5, 5.41) is 4.31. The Morgan fingerprint density at radius 1 is 1.16 bits per heavy atom. The summed E-state index contributed by atoms with van der Waals surface area (Å²) < 4.78 is 6.70. The quantitative estimate of drug-likeness (QED) is 0.691. The maximum Gasteiger partial charge on any atom is 0.150 e. The summed E-state index contributed by atoms with van der Waals surface area (Å²) in [4.78, 5) is 0. The van der Waals surface area contributed by atoms with Crippen LogP contribution >= 0.6 is 22.6 Å². The Hall–Kier alpha value is -0.840. The number of hydrogen-bond donors (Lipinski definition) is 0. The summed E-state index contributed by atoms with van der Waals surface area (Å²) in [5.74, 6) is 1.02. The highest BCUT2D eigenvalue weighted by molar-refractivity contribution is 14.1. The molecular formula is C16H20INO. The molecule has 3 heteroatoms. The number of nitrogens with zero attached hydrogens (tertiary/aromatic N) is 1. The number of unbranched alkanes of at least 4 members (excludes halogenated alkanes) is 1. The molecule has 2 aromatic rings. The van der Waals surface area contributed by atoms with E-state index in [1.54, 1.807) is 0 Å². The normalized spacial score (nSPS) is 11.0. The lowest BCUT2D eigenvalue weighted by molar-refractivity contribution is 0.381. The molecule has 0 spiro atoms. The van der Waals surface area contributed by atoms with Crippen molar-refractivity contribution < 1.29 is 4.52 Å². The highest BCUT2D eigenvalue weighted by Gasteiger charge is 2.18. The van der Waals surface area contributed by atoms with Gasteiger partial charge in [0.1, 0.15) is 5.69 Å². The summed E-state index contributed by atoms with van der Waals surface area (Å²) in [7, 11) is 0. The summed E-state index contributed by atoms with van der Waals surface area (Å²) in [6.45, 7) is 8.61. The molecule has 0 saturated carbocycles. The van der Waals surface area contributed by atoms with Gasteiger partial charge in [0, 0.05) is 12.0 Å². The lowest BCUT2D eigenvalue weighted by Crippen LogP contribution is -1.92. The van der Waals surface area contributed by atoms with Crippen LogP contribution in [-0.2, 0) is 6.42 Å². The number of halogens is 1. The Bertz CT molecular complexity index is 563. The second kappa shape index (κ2) is 6.07. The van der Waals surface area contributed by atoms with Crippen LogP contribution in [0, 0.1) is 24.3 Å². The van der Waals surface area contributed by atoms with Crippen LogP contribution in [0.5, 0.6) is 0 Å². The minimum Gasteiger partial charge on any atom is -0.360 e. The molecule has 0 N–H and O–H groups in total. The Kier molecular flexibility index (Phi) is 4.66. The SMILES string of the molecule is CCCCc1onc(-c2c(C)cc(C)cc2C)c1I. The van der Waals surface area contributed by atoms with E-state index in [1.165, 1.54) is 32.2 Å². The van der Waals surface area contributed by atoms with E-state index in [0.717, 1.165) is 24.3 Å². The first-order valence-electron chi connectivity index (χ1n) is 6.76. The van der Waals surface area contributed by atoms with Gasteiger partial charge in [-0.3, -0.25) is 0 Å². The number of aromatic nitrogens is 1. The van der Waals surface area contributed by atoms with E-state index in [0.29, 0.717) is 0 Å². The van der Waals surface area contributed by atoms with Crippen LogP contribution in [0.3, 0.4) is 0 Å². The van der Waals surface area contributed by atoms with Crippen molar-refractivity contribution >= 4 is 22.6 Å². The van der Waals surface area contributed by atoms with Gasteiger partial charge in [-0.15, -0.1) is 0 Å². The van der Waals surface area contributed by atoms with Crippen LogP contribution in [0.15, 0.2) is 16.7 Å². The van der Waals surface area contributed by atoms with Crippen molar-refractivity contribution in [2.45, 2.75) is 47.0 Å². The molecule has 0 atom stereocenters. The molecule has 1 heterocycles. The topological polar surface area (TPSA) is 26.0 Å². The molecule has 0 unspecified atom stereocenters. The molecule has 0 amide bonds. The summed E-state index contributed by atoms with van der Waals surface area (Å²) in [5.41, 5.74) is 6.06. The summed E-state index contributed by atoms with van der Waals surface area (Å²) in [6.07, 6.45) is 3.30. The molecule has 19 heavy (non-hydrogen) atoms. The second-order valence-corrected chi connectivity index (χ2v) is 6.22. The van der Waals surface area contributed by atoms with Crippen molar-refractivity contribution in [3.05, 3.63) is 38.2 Å². The van der Waals surface area contributed by atoms with Crippen molar-refractivity contribution in [1.82, 2.24) is 5.16 Å². The zero-order chi connectivity index (χ0) is 14.0. The first kappa shape index (κ1) is 14.6. The monoisotopic (exact) mass is 369 g/mol. The molecule has 0 aliphatic heterocycles. The largest absolute Gasteiger partial charge is 0.360 e. The summed E-state index contributed by atoms with van der Waals surface area (Å²) in [6, 6.07) is 4.41. The third-order valence-corrected chi connectivity index (χ3v) is 4.48. The molecule has 102 valence electrons. The van der Waals surface area contributed by atoms with Crippen LogP contribution in [0.4, 0.5) is 0 Å². The van der Waals surface area contributed by atoms with Crippen LogP contribution in [-0.4, -0.2) is 5.16 Å². The number of hydrogen-bond acceptors (Lipinski definition) is 2. The fourth-order valence-corrected chi connectivity index (χ4v) is 3.25. The van der Waals surface area contributed by atoms with Gasteiger partial charge in [-0.05, 0) is 60.9 Å². The molecule has 0 aliphatic carbocycles. The lowest BCUT2D eigenvalue weighted by Gasteiger charge is -2.08. The van der Waals surface area contributed by atoms with E-state index in [9.17, 15) is 0 Å². The van der Waals surface area contributed by atoms with Gasteiger partial charge < -0.3 is 4.52 Å². The van der Waals surface area contributed by atoms with E-state index in [2.05, 4.69) is 67.6 Å². The Morgan fingerprint density at radius 2 is 1.79 bits per heavy atom. The average Bonchev–Trinajstić information content (AvgIpc) is 2.68. The van der Waals surface area contributed by atoms with Gasteiger partial charge >= 0.3 is 0 Å². The molecule has 1 aromatic carbocycles. The highest BCUT2D eigenvalue weighted by atomic mass is 127. The molecule has 0 radical (unpaired) electrons. The fourth-order valence-electron chi connectivity index (χ4n) is 2.51. The van der Waals surface area contributed by atoms with Gasteiger partial charge in [0.05, 0.1) is 3.57 Å². The fraction of sp³-hybridized carbons (Fsp3) is 0.438. The van der Waals surface area contributed by atoms with E-state index in [4.69, 9.17) is 4.52 Å². The van der Waals surface area contributed by atoms with Gasteiger partial charge in [-0.1, -0.05) is 36.2 Å². The zero-order valence-electron chi connectivity index (χ0n) is 12.0. The van der Waals surface area contributed by atoms with Crippen molar-refractivity contribution in [3.63, 3.8) is 0 Å². The molecule has 0 bridgehead atoms. The predicted octanol–water partition coefficient (Wildman–Crippen LogP) is 5.21. The van der Waals surface area contributed by atoms with Gasteiger partial charge in [-0.25, -0.2) is 0 Å². The van der Waals surface area contributed by atoms with Crippen molar-refractivity contribution in [2.24, 2.45) is 0 Å². The molecule has 0 saturated heterocycles. The summed E-state index contributed by atoms with van der Waals surface area (Å²) >= 11 is 2.37. The minimum absolute atomic E-state index is 0.978. The van der Waals surface area contributed by atoms with Gasteiger partial charge in [0.15, 0.2) is 5.76 Å². The number of benzene rings is 1.